The predicted octanol–water partition coefficient (Wildman–Crippen LogP) is 3.56. The van der Waals surface area contributed by atoms with Gasteiger partial charge in [0.1, 0.15) is 11.3 Å². The van der Waals surface area contributed by atoms with E-state index in [-0.39, 0.29) is 5.49 Å². The van der Waals surface area contributed by atoms with E-state index in [9.17, 15) is 5.21 Å². The predicted molar refractivity (Wildman–Crippen MR) is 110 cm³/mol. The number of hydrogen-bond acceptors (Lipinski definition) is 4. The zero-order chi connectivity index (χ0) is 19.7. The quantitative estimate of drug-likeness (QED) is 0.450. The van der Waals surface area contributed by atoms with E-state index >= 15 is 0 Å². The fraction of sp³-hybridized carbons (Fsp3) is 0.273. The number of pyridine rings is 1. The van der Waals surface area contributed by atoms with Gasteiger partial charge in [0, 0.05) is 24.9 Å². The molecule has 0 aliphatic rings. The Morgan fingerprint density at radius 3 is 2.68 bits per heavy atom. The number of benzene rings is 2. The molecule has 4 N–H and O–H groups in total. The first kappa shape index (κ1) is 18.3. The lowest BCUT2D eigenvalue weighted by Gasteiger charge is -2.12. The first-order valence-electron chi connectivity index (χ1n) is 9.68. The van der Waals surface area contributed by atoms with E-state index in [2.05, 4.69) is 23.6 Å². The molecule has 0 amide bonds. The van der Waals surface area contributed by atoms with Gasteiger partial charge < -0.3 is 15.5 Å². The van der Waals surface area contributed by atoms with Crippen LogP contribution in [0.2, 0.25) is 0 Å². The second kappa shape index (κ2) is 7.48. The van der Waals surface area contributed by atoms with Crippen LogP contribution in [0, 0.1) is 5.41 Å². The molecule has 0 radical (unpaired) electrons. The minimum absolute atomic E-state index is 0.0147. The molecule has 144 valence electrons. The van der Waals surface area contributed by atoms with E-state index in [1.54, 1.807) is 0 Å². The Balaban J connectivity index is 1.99. The molecule has 2 heterocycles. The second-order valence-electron chi connectivity index (χ2n) is 7.12. The van der Waals surface area contributed by atoms with Crippen molar-refractivity contribution in [2.75, 3.05) is 0 Å². The molecule has 0 fully saturated rings. The van der Waals surface area contributed by atoms with Gasteiger partial charge >= 0.3 is 0 Å². The molecular weight excluding hydrogens is 350 g/mol. The third kappa shape index (κ3) is 3.05. The largest absolute Gasteiger partial charge is 0.426 e. The van der Waals surface area contributed by atoms with Crippen LogP contribution in [0.3, 0.4) is 0 Å². The molecule has 4 rings (SSSR count). The van der Waals surface area contributed by atoms with Crippen molar-refractivity contribution in [3.8, 4) is 0 Å². The summed E-state index contributed by atoms with van der Waals surface area (Å²) in [5.41, 5.74) is 10.1. The summed E-state index contributed by atoms with van der Waals surface area (Å²) in [6.45, 7) is 3.32. The molecule has 28 heavy (non-hydrogen) atoms. The number of fused-ring (bicyclic) bond motifs is 3. The summed E-state index contributed by atoms with van der Waals surface area (Å²) in [5.74, 6) is 0.944. The Hall–Kier alpha value is -3.12. The van der Waals surface area contributed by atoms with Gasteiger partial charge in [-0.15, -0.1) is 0 Å². The summed E-state index contributed by atoms with van der Waals surface area (Å²) in [7, 11) is 0. The number of hydrogen-bond donors (Lipinski definition) is 3. The molecule has 2 aromatic heterocycles. The van der Waals surface area contributed by atoms with Crippen LogP contribution in [0.4, 0.5) is 0 Å². The van der Waals surface area contributed by atoms with Gasteiger partial charge in [0.25, 0.3) is 0 Å². The topological polar surface area (TPSA) is 92.9 Å². The van der Waals surface area contributed by atoms with Crippen molar-refractivity contribution in [1.29, 1.82) is 5.41 Å². The summed E-state index contributed by atoms with van der Waals surface area (Å²) in [6, 6.07) is 15.9. The van der Waals surface area contributed by atoms with Gasteiger partial charge in [-0.25, -0.2) is 4.98 Å². The summed E-state index contributed by atoms with van der Waals surface area (Å²) in [5, 5.41) is 19.8. The maximum Gasteiger partial charge on any atom is 0.189 e. The van der Waals surface area contributed by atoms with Crippen molar-refractivity contribution in [3.05, 3.63) is 71.0 Å². The minimum atomic E-state index is 0.0147. The van der Waals surface area contributed by atoms with Crippen molar-refractivity contribution in [2.24, 2.45) is 5.73 Å². The van der Waals surface area contributed by atoms with E-state index in [4.69, 9.17) is 16.1 Å². The number of nitrogens with two attached hydrogens (primary N) is 1. The van der Waals surface area contributed by atoms with Gasteiger partial charge in [0.05, 0.1) is 11.0 Å². The van der Waals surface area contributed by atoms with Gasteiger partial charge in [0.2, 0.25) is 0 Å². The Labute approximate surface area is 163 Å². The Morgan fingerprint density at radius 1 is 1.11 bits per heavy atom. The summed E-state index contributed by atoms with van der Waals surface area (Å²) in [6.07, 6.45) is 2.93. The highest BCUT2D eigenvalue weighted by Gasteiger charge is 2.18. The Kier molecular flexibility index (Phi) is 4.88. The van der Waals surface area contributed by atoms with Crippen LogP contribution in [0.1, 0.15) is 36.7 Å². The molecule has 6 nitrogen and oxygen atoms in total. The lowest BCUT2D eigenvalue weighted by atomic mass is 10.1. The van der Waals surface area contributed by atoms with Gasteiger partial charge in [0.15, 0.2) is 5.49 Å². The van der Waals surface area contributed by atoms with Crippen LogP contribution in [0.25, 0.3) is 21.9 Å². The van der Waals surface area contributed by atoms with Crippen LogP contribution >= 0.6 is 0 Å². The Bertz CT molecular complexity index is 1200. The summed E-state index contributed by atoms with van der Waals surface area (Å²) >= 11 is 0. The number of imidazole rings is 1. The lowest BCUT2D eigenvalue weighted by molar-refractivity contribution is 0.186. The Morgan fingerprint density at radius 2 is 1.89 bits per heavy atom. The molecule has 0 unspecified atom stereocenters. The van der Waals surface area contributed by atoms with E-state index in [1.165, 1.54) is 0 Å². The lowest BCUT2D eigenvalue weighted by Crippen LogP contribution is -2.19. The van der Waals surface area contributed by atoms with Crippen molar-refractivity contribution < 1.29 is 5.21 Å². The van der Waals surface area contributed by atoms with E-state index in [0.717, 1.165) is 51.8 Å². The number of nitrogens with one attached hydrogen (secondary N) is 1. The van der Waals surface area contributed by atoms with Crippen LogP contribution in [0.5, 0.6) is 0 Å². The molecule has 4 aromatic rings. The molecule has 0 saturated heterocycles. The first-order chi connectivity index (χ1) is 13.6. The molecular formula is C22H25N5O. The smallest absolute Gasteiger partial charge is 0.189 e. The standard InChI is InChI=1S/C22H25N5O/c1-2-3-11-19-25-20-21(17-9-4-5-10-18(17)27(28)22(20)24)26(19)14-16-8-6-7-15(12-16)13-23/h4-10,12,24,28H,2-3,11,13-14,23H2,1H3. The number of nitrogens with zero attached hydrogens (tertiary/aromatic N) is 3. The highest BCUT2D eigenvalue weighted by Crippen LogP contribution is 2.25. The maximum atomic E-state index is 10.5. The first-order valence-corrected chi connectivity index (χ1v) is 9.68. The fourth-order valence-corrected chi connectivity index (χ4v) is 3.75. The van der Waals surface area contributed by atoms with E-state index < -0.39 is 0 Å². The highest BCUT2D eigenvalue weighted by molar-refractivity contribution is 6.02. The highest BCUT2D eigenvalue weighted by atomic mass is 16.5. The van der Waals surface area contributed by atoms with Crippen LogP contribution in [0.15, 0.2) is 48.5 Å². The van der Waals surface area contributed by atoms with Gasteiger partial charge in [-0.3, -0.25) is 5.41 Å². The second-order valence-corrected chi connectivity index (χ2v) is 7.12. The molecule has 0 bridgehead atoms. The minimum Gasteiger partial charge on any atom is -0.426 e. The number of rotatable bonds is 6. The molecule has 2 aromatic carbocycles. The molecule has 0 atom stereocenters. The van der Waals surface area contributed by atoms with E-state index in [0.29, 0.717) is 24.1 Å². The zero-order valence-corrected chi connectivity index (χ0v) is 16.0. The van der Waals surface area contributed by atoms with Crippen LogP contribution < -0.4 is 11.2 Å². The molecule has 6 heteroatoms. The van der Waals surface area contributed by atoms with E-state index in [1.807, 2.05) is 36.4 Å². The maximum absolute atomic E-state index is 10.5. The van der Waals surface area contributed by atoms with Gasteiger partial charge in [-0.1, -0.05) is 55.8 Å². The zero-order valence-electron chi connectivity index (χ0n) is 16.0. The number of aromatic nitrogens is 3. The molecule has 0 spiro atoms. The average molecular weight is 375 g/mol. The van der Waals surface area contributed by atoms with Gasteiger partial charge in [-0.05, 0) is 23.6 Å². The van der Waals surface area contributed by atoms with Crippen LogP contribution in [-0.4, -0.2) is 19.5 Å². The van der Waals surface area contributed by atoms with Crippen molar-refractivity contribution in [1.82, 2.24) is 14.3 Å². The van der Waals surface area contributed by atoms with Gasteiger partial charge in [-0.2, -0.15) is 4.73 Å². The third-order valence-corrected chi connectivity index (χ3v) is 5.19. The van der Waals surface area contributed by atoms with Crippen molar-refractivity contribution in [2.45, 2.75) is 39.3 Å². The molecule has 0 aliphatic heterocycles. The number of aryl methyl sites for hydroxylation is 1. The third-order valence-electron chi connectivity index (χ3n) is 5.19. The average Bonchev–Trinajstić information content (AvgIpc) is 3.09. The summed E-state index contributed by atoms with van der Waals surface area (Å²) in [4.78, 5) is 4.77. The van der Waals surface area contributed by atoms with Crippen molar-refractivity contribution in [3.63, 3.8) is 0 Å². The molecule has 0 aliphatic carbocycles. The van der Waals surface area contributed by atoms with Crippen LogP contribution in [-0.2, 0) is 19.5 Å². The molecule has 0 saturated carbocycles. The monoisotopic (exact) mass is 375 g/mol. The number of unbranched alkanes of at least 4 members (excludes halogenated alkanes) is 1. The van der Waals surface area contributed by atoms with Crippen molar-refractivity contribution >= 4 is 21.9 Å². The number of para-hydroxylation sites is 1. The summed E-state index contributed by atoms with van der Waals surface area (Å²) < 4.78 is 3.12. The normalized spacial score (nSPS) is 11.5. The SMILES string of the molecule is CCCCc1nc2c(=N)n(O)c3ccccc3c2n1Cc1cccc(CN)c1. The fourth-order valence-electron chi connectivity index (χ4n) is 3.75.